The Bertz CT molecular complexity index is 1300. The van der Waals surface area contributed by atoms with E-state index >= 15 is 0 Å². The van der Waals surface area contributed by atoms with E-state index in [0.29, 0.717) is 28.4 Å². The molecule has 0 radical (unpaired) electrons. The Morgan fingerprint density at radius 1 is 1.18 bits per heavy atom. The van der Waals surface area contributed by atoms with E-state index in [4.69, 9.17) is 16.3 Å². The molecule has 7 heteroatoms. The van der Waals surface area contributed by atoms with Crippen LogP contribution >= 0.6 is 11.6 Å². The van der Waals surface area contributed by atoms with E-state index in [9.17, 15) is 14.7 Å². The molecule has 0 aliphatic carbocycles. The lowest BCUT2D eigenvalue weighted by atomic mass is 9.94. The first-order chi connectivity index (χ1) is 16.0. The van der Waals surface area contributed by atoms with Gasteiger partial charge in [0, 0.05) is 28.7 Å². The van der Waals surface area contributed by atoms with Crippen LogP contribution < -0.4 is 9.64 Å². The molecule has 2 aliphatic heterocycles. The van der Waals surface area contributed by atoms with E-state index in [0.717, 1.165) is 29.7 Å². The van der Waals surface area contributed by atoms with Crippen molar-refractivity contribution < 1.29 is 19.4 Å². The highest BCUT2D eigenvalue weighted by molar-refractivity contribution is 6.51. The molecule has 6 nitrogen and oxygen atoms in total. The fourth-order valence-electron chi connectivity index (χ4n) is 4.35. The van der Waals surface area contributed by atoms with Crippen LogP contribution in [0.15, 0.2) is 66.5 Å². The summed E-state index contributed by atoms with van der Waals surface area (Å²) < 4.78 is 5.66. The first-order valence-corrected chi connectivity index (χ1v) is 11.1. The molecule has 1 fully saturated rings. The van der Waals surface area contributed by atoms with Crippen molar-refractivity contribution in [3.05, 3.63) is 93.8 Å². The summed E-state index contributed by atoms with van der Waals surface area (Å²) in [4.78, 5) is 32.0. The molecule has 0 saturated carbocycles. The first-order valence-electron chi connectivity index (χ1n) is 10.7. The molecule has 3 heterocycles. The Kier molecular flexibility index (Phi) is 5.38. The number of hydrogen-bond acceptors (Lipinski definition) is 5. The maximum atomic E-state index is 13.2. The zero-order valence-electron chi connectivity index (χ0n) is 17.9. The van der Waals surface area contributed by atoms with Crippen molar-refractivity contribution in [1.29, 1.82) is 0 Å². The third-order valence-corrected chi connectivity index (χ3v) is 6.47. The fraction of sp³-hybridized carbons (Fsp3) is 0.192. The average Bonchev–Trinajstić information content (AvgIpc) is 3.11. The third-order valence-electron chi connectivity index (χ3n) is 6.06. The van der Waals surface area contributed by atoms with Gasteiger partial charge in [-0.05, 0) is 72.9 Å². The monoisotopic (exact) mass is 460 g/mol. The second kappa shape index (κ2) is 8.37. The van der Waals surface area contributed by atoms with E-state index in [-0.39, 0.29) is 11.3 Å². The van der Waals surface area contributed by atoms with E-state index in [1.54, 1.807) is 54.9 Å². The molecule has 1 aromatic heterocycles. The van der Waals surface area contributed by atoms with Gasteiger partial charge >= 0.3 is 0 Å². The van der Waals surface area contributed by atoms with Crippen molar-refractivity contribution in [1.82, 2.24) is 4.98 Å². The van der Waals surface area contributed by atoms with Crippen molar-refractivity contribution in [2.24, 2.45) is 0 Å². The third kappa shape index (κ3) is 3.66. The van der Waals surface area contributed by atoms with E-state index in [1.165, 1.54) is 4.90 Å². The van der Waals surface area contributed by atoms with Gasteiger partial charge in [-0.1, -0.05) is 23.7 Å². The van der Waals surface area contributed by atoms with Crippen molar-refractivity contribution in [3.63, 3.8) is 0 Å². The average molecular weight is 461 g/mol. The van der Waals surface area contributed by atoms with Crippen LogP contribution in [0.2, 0.25) is 5.02 Å². The lowest BCUT2D eigenvalue weighted by molar-refractivity contribution is -0.132. The van der Waals surface area contributed by atoms with Crippen LogP contribution in [0.4, 0.5) is 5.69 Å². The van der Waals surface area contributed by atoms with Crippen molar-refractivity contribution in [3.8, 4) is 5.75 Å². The number of carbonyl (C=O) groups excluding carboxylic acids is 2. The SMILES string of the molecule is Cc1ccc(N2C(=O)C(=O)/C(=C(\O)c3ccc4c(c3)CCCO4)C2c2cccnc2)cc1Cl. The Labute approximate surface area is 196 Å². The number of halogens is 1. The van der Waals surface area contributed by atoms with Gasteiger partial charge in [0.2, 0.25) is 0 Å². The van der Waals surface area contributed by atoms with Crippen LogP contribution in [0.25, 0.3) is 5.76 Å². The van der Waals surface area contributed by atoms with Gasteiger partial charge in [0.25, 0.3) is 11.7 Å². The summed E-state index contributed by atoms with van der Waals surface area (Å²) in [5.74, 6) is -0.939. The number of fused-ring (bicyclic) bond motifs is 1. The minimum absolute atomic E-state index is 0.0152. The van der Waals surface area contributed by atoms with Crippen molar-refractivity contribution in [2.75, 3.05) is 11.5 Å². The second-order valence-corrected chi connectivity index (χ2v) is 8.57. The van der Waals surface area contributed by atoms with Crippen LogP contribution in [0.1, 0.15) is 34.7 Å². The van der Waals surface area contributed by atoms with E-state index in [2.05, 4.69) is 4.98 Å². The largest absolute Gasteiger partial charge is 0.507 e. The quantitative estimate of drug-likeness (QED) is 0.338. The fourth-order valence-corrected chi connectivity index (χ4v) is 4.52. The van der Waals surface area contributed by atoms with Gasteiger partial charge < -0.3 is 9.84 Å². The summed E-state index contributed by atoms with van der Waals surface area (Å²) in [6.07, 6.45) is 4.90. The van der Waals surface area contributed by atoms with Crippen molar-refractivity contribution in [2.45, 2.75) is 25.8 Å². The number of aliphatic hydroxyl groups is 1. The zero-order valence-corrected chi connectivity index (χ0v) is 18.7. The number of carbonyl (C=O) groups is 2. The predicted molar refractivity (Wildman–Crippen MR) is 125 cm³/mol. The summed E-state index contributed by atoms with van der Waals surface area (Å²) in [6, 6.07) is 13.2. The molecule has 1 amide bonds. The van der Waals surface area contributed by atoms with Gasteiger partial charge in [0.05, 0.1) is 18.2 Å². The van der Waals surface area contributed by atoms with Gasteiger partial charge in [0.1, 0.15) is 11.5 Å². The molecule has 1 saturated heterocycles. The zero-order chi connectivity index (χ0) is 23.1. The molecule has 0 bridgehead atoms. The molecule has 33 heavy (non-hydrogen) atoms. The molecule has 5 rings (SSSR count). The number of ether oxygens (including phenoxy) is 1. The molecule has 0 spiro atoms. The van der Waals surface area contributed by atoms with Crippen LogP contribution in [0, 0.1) is 6.92 Å². The number of Topliss-reactive ketones (excluding diaryl/α,β-unsaturated/α-hetero) is 1. The summed E-state index contributed by atoms with van der Waals surface area (Å²) in [5, 5.41) is 11.8. The van der Waals surface area contributed by atoms with Gasteiger partial charge in [-0.25, -0.2) is 0 Å². The highest BCUT2D eigenvalue weighted by Gasteiger charge is 2.47. The van der Waals surface area contributed by atoms with Gasteiger partial charge in [-0.2, -0.15) is 0 Å². The maximum Gasteiger partial charge on any atom is 0.300 e. The van der Waals surface area contributed by atoms with Crippen LogP contribution in [-0.2, 0) is 16.0 Å². The minimum atomic E-state index is -0.843. The van der Waals surface area contributed by atoms with Crippen LogP contribution in [0.3, 0.4) is 0 Å². The lowest BCUT2D eigenvalue weighted by Crippen LogP contribution is -2.29. The summed E-state index contributed by atoms with van der Waals surface area (Å²) in [7, 11) is 0. The van der Waals surface area contributed by atoms with Crippen LogP contribution in [0.5, 0.6) is 5.75 Å². The molecule has 2 aliphatic rings. The Balaban J connectivity index is 1.69. The molecular formula is C26H21ClN2O4. The number of nitrogens with zero attached hydrogens (tertiary/aromatic N) is 2. The highest BCUT2D eigenvalue weighted by Crippen LogP contribution is 2.43. The summed E-state index contributed by atoms with van der Waals surface area (Å²) >= 11 is 6.32. The Hall–Kier alpha value is -3.64. The number of hydrogen-bond donors (Lipinski definition) is 1. The van der Waals surface area contributed by atoms with Gasteiger partial charge in [-0.15, -0.1) is 0 Å². The molecule has 1 N–H and O–H groups in total. The van der Waals surface area contributed by atoms with E-state index in [1.807, 2.05) is 13.0 Å². The number of anilines is 1. The number of rotatable bonds is 3. The van der Waals surface area contributed by atoms with E-state index < -0.39 is 17.7 Å². The predicted octanol–water partition coefficient (Wildman–Crippen LogP) is 4.99. The normalized spacial score (nSPS) is 19.3. The number of benzene rings is 2. The molecule has 1 unspecified atom stereocenters. The Morgan fingerprint density at radius 2 is 2.03 bits per heavy atom. The molecule has 2 aromatic carbocycles. The second-order valence-electron chi connectivity index (χ2n) is 8.16. The molecule has 1 atom stereocenters. The number of aliphatic hydroxyl groups excluding tert-OH is 1. The van der Waals surface area contributed by atoms with Crippen molar-refractivity contribution >= 4 is 34.7 Å². The standard InChI is InChI=1S/C26H21ClN2O4/c1-15-6-8-19(13-20(15)27)29-23(18-4-2-10-28-14-18)22(25(31)26(29)32)24(30)17-7-9-21-16(12-17)5-3-11-33-21/h2,4,6-10,12-14,23,30H,3,5,11H2,1H3/b24-22-. The Morgan fingerprint density at radius 3 is 2.79 bits per heavy atom. The summed E-state index contributed by atoms with van der Waals surface area (Å²) in [6.45, 7) is 2.52. The smallest absolute Gasteiger partial charge is 0.300 e. The number of aromatic nitrogens is 1. The number of ketones is 1. The highest BCUT2D eigenvalue weighted by atomic mass is 35.5. The lowest BCUT2D eigenvalue weighted by Gasteiger charge is -2.25. The number of aryl methyl sites for hydroxylation is 2. The molecular weight excluding hydrogens is 440 g/mol. The van der Waals surface area contributed by atoms with Crippen LogP contribution in [-0.4, -0.2) is 28.4 Å². The number of pyridine rings is 1. The summed E-state index contributed by atoms with van der Waals surface area (Å²) in [5.41, 5.74) is 3.37. The van der Waals surface area contributed by atoms with Gasteiger partial charge in [-0.3, -0.25) is 19.5 Å². The topological polar surface area (TPSA) is 79.7 Å². The molecule has 3 aromatic rings. The minimum Gasteiger partial charge on any atom is -0.507 e. The maximum absolute atomic E-state index is 13.2. The van der Waals surface area contributed by atoms with Gasteiger partial charge in [0.15, 0.2) is 0 Å². The molecule has 166 valence electrons. The number of amides is 1. The first kappa shape index (κ1) is 21.2.